The lowest BCUT2D eigenvalue weighted by atomic mass is 9.84. The first-order chi connectivity index (χ1) is 13.2. The van der Waals surface area contributed by atoms with Crippen LogP contribution >= 0.6 is 0 Å². The fourth-order valence-corrected chi connectivity index (χ4v) is 3.83. The first kappa shape index (κ1) is 15.8. The van der Waals surface area contributed by atoms with Crippen LogP contribution in [0.1, 0.15) is 23.5 Å². The molecule has 0 fully saturated rings. The summed E-state index contributed by atoms with van der Waals surface area (Å²) in [6.07, 6.45) is 2.17. The number of hydrogen-bond acceptors (Lipinski definition) is 2. The first-order valence-corrected chi connectivity index (χ1v) is 8.82. The molecule has 1 unspecified atom stereocenters. The lowest BCUT2D eigenvalue weighted by Crippen LogP contribution is -2.24. The van der Waals surface area contributed by atoms with E-state index < -0.39 is 0 Å². The molecule has 1 aromatic heterocycles. The number of anilines is 1. The largest absolute Gasteiger partial charge is 0.310 e. The summed E-state index contributed by atoms with van der Waals surface area (Å²) in [7, 11) is 0. The number of fused-ring (bicyclic) bond motifs is 2. The predicted molar refractivity (Wildman–Crippen MR) is 103 cm³/mol. The molecule has 1 aliphatic rings. The van der Waals surface area contributed by atoms with Crippen molar-refractivity contribution in [2.24, 2.45) is 0 Å². The minimum Gasteiger partial charge on any atom is -0.310 e. The van der Waals surface area contributed by atoms with Crippen molar-refractivity contribution in [3.05, 3.63) is 89.9 Å². The van der Waals surface area contributed by atoms with Gasteiger partial charge in [0.25, 0.3) is 0 Å². The number of nitrogens with zero attached hydrogens (tertiary/aromatic N) is 2. The molecule has 4 nitrogen and oxygen atoms in total. The average Bonchev–Trinajstić information content (AvgIpc) is 3.11. The van der Waals surface area contributed by atoms with E-state index in [4.69, 9.17) is 0 Å². The van der Waals surface area contributed by atoms with Crippen LogP contribution in [-0.2, 0) is 4.79 Å². The van der Waals surface area contributed by atoms with Crippen molar-refractivity contribution in [2.45, 2.75) is 12.3 Å². The van der Waals surface area contributed by atoms with E-state index in [0.717, 1.165) is 21.9 Å². The average molecular weight is 357 g/mol. The molecule has 3 aromatic carbocycles. The van der Waals surface area contributed by atoms with E-state index in [0.29, 0.717) is 17.9 Å². The number of aromatic nitrogens is 2. The minimum absolute atomic E-state index is 0.0516. The summed E-state index contributed by atoms with van der Waals surface area (Å²) in [5.41, 5.74) is 2.79. The van der Waals surface area contributed by atoms with Crippen LogP contribution in [0.4, 0.5) is 10.2 Å². The molecule has 5 rings (SSSR count). The van der Waals surface area contributed by atoms with Crippen molar-refractivity contribution in [3.8, 4) is 5.69 Å². The summed E-state index contributed by atoms with van der Waals surface area (Å²) in [5, 5.41) is 9.69. The maximum absolute atomic E-state index is 13.3. The first-order valence-electron chi connectivity index (χ1n) is 8.82. The van der Waals surface area contributed by atoms with E-state index in [-0.39, 0.29) is 17.6 Å². The van der Waals surface area contributed by atoms with Gasteiger partial charge in [0, 0.05) is 17.9 Å². The van der Waals surface area contributed by atoms with Crippen LogP contribution in [0.2, 0.25) is 0 Å². The Hall–Kier alpha value is -3.47. The van der Waals surface area contributed by atoms with Gasteiger partial charge >= 0.3 is 0 Å². The molecule has 0 spiro atoms. The van der Waals surface area contributed by atoms with Gasteiger partial charge in [0.15, 0.2) is 0 Å². The van der Waals surface area contributed by atoms with E-state index in [1.807, 2.05) is 18.2 Å². The number of nitrogens with one attached hydrogen (secondary N) is 1. The topological polar surface area (TPSA) is 46.9 Å². The highest BCUT2D eigenvalue weighted by molar-refractivity contribution is 5.96. The highest BCUT2D eigenvalue weighted by atomic mass is 19.1. The van der Waals surface area contributed by atoms with E-state index in [9.17, 15) is 9.18 Å². The van der Waals surface area contributed by atoms with Gasteiger partial charge in [-0.25, -0.2) is 9.07 Å². The molecule has 0 radical (unpaired) electrons. The Morgan fingerprint density at radius 2 is 1.74 bits per heavy atom. The standard InChI is InChI=1S/C22H16FN3O/c23-15-8-10-16(11-9-15)26-22-20(13-24-26)19(12-21(27)25-22)18-7-3-5-14-4-1-2-6-17(14)18/h1-11,13,19H,12H2,(H,25,27). The molecular weight excluding hydrogens is 341 g/mol. The van der Waals surface area contributed by atoms with E-state index >= 15 is 0 Å². The van der Waals surface area contributed by atoms with Gasteiger partial charge in [-0.3, -0.25) is 4.79 Å². The van der Waals surface area contributed by atoms with Crippen LogP contribution in [0.15, 0.2) is 72.9 Å². The van der Waals surface area contributed by atoms with Crippen LogP contribution in [0, 0.1) is 5.82 Å². The zero-order valence-electron chi connectivity index (χ0n) is 14.4. The number of rotatable bonds is 2. The minimum atomic E-state index is -0.308. The second-order valence-corrected chi connectivity index (χ2v) is 6.71. The summed E-state index contributed by atoms with van der Waals surface area (Å²) in [4.78, 5) is 12.5. The number of carbonyl (C=O) groups is 1. The highest BCUT2D eigenvalue weighted by Crippen LogP contribution is 2.40. The van der Waals surface area contributed by atoms with Crippen molar-refractivity contribution >= 4 is 22.5 Å². The van der Waals surface area contributed by atoms with Crippen LogP contribution in [0.3, 0.4) is 0 Å². The Balaban J connectivity index is 1.67. The van der Waals surface area contributed by atoms with E-state index in [1.165, 1.54) is 12.1 Å². The zero-order valence-corrected chi connectivity index (χ0v) is 14.4. The third kappa shape index (κ3) is 2.59. The summed E-state index contributed by atoms with van der Waals surface area (Å²) < 4.78 is 14.9. The number of benzene rings is 3. The van der Waals surface area contributed by atoms with Crippen LogP contribution in [0.25, 0.3) is 16.5 Å². The Labute approximate surface area is 155 Å². The molecule has 1 amide bonds. The molecule has 0 saturated carbocycles. The third-order valence-corrected chi connectivity index (χ3v) is 5.09. The van der Waals surface area contributed by atoms with Gasteiger partial charge in [-0.1, -0.05) is 42.5 Å². The molecule has 1 N–H and O–H groups in total. The second-order valence-electron chi connectivity index (χ2n) is 6.71. The van der Waals surface area contributed by atoms with E-state index in [2.05, 4.69) is 34.7 Å². The normalized spacial score (nSPS) is 16.2. The molecule has 0 bridgehead atoms. The molecule has 5 heteroatoms. The number of halogens is 1. The van der Waals surface area contributed by atoms with Crippen molar-refractivity contribution < 1.29 is 9.18 Å². The fourth-order valence-electron chi connectivity index (χ4n) is 3.83. The third-order valence-electron chi connectivity index (χ3n) is 5.09. The molecule has 4 aromatic rings. The quantitative estimate of drug-likeness (QED) is 0.568. The van der Waals surface area contributed by atoms with Crippen LogP contribution in [0.5, 0.6) is 0 Å². The molecule has 2 heterocycles. The van der Waals surface area contributed by atoms with Gasteiger partial charge in [0.1, 0.15) is 11.6 Å². The number of amides is 1. The Morgan fingerprint density at radius 1 is 0.963 bits per heavy atom. The van der Waals surface area contributed by atoms with Gasteiger partial charge < -0.3 is 5.32 Å². The molecular formula is C22H16FN3O. The van der Waals surface area contributed by atoms with Gasteiger partial charge in [-0.2, -0.15) is 5.10 Å². The van der Waals surface area contributed by atoms with E-state index in [1.54, 1.807) is 23.0 Å². The summed E-state index contributed by atoms with van der Waals surface area (Å²) in [6, 6.07) is 20.4. The molecule has 1 atom stereocenters. The molecule has 27 heavy (non-hydrogen) atoms. The smallest absolute Gasteiger partial charge is 0.226 e. The fraction of sp³-hybridized carbons (Fsp3) is 0.0909. The van der Waals surface area contributed by atoms with Crippen molar-refractivity contribution in [3.63, 3.8) is 0 Å². The zero-order chi connectivity index (χ0) is 18.4. The summed E-state index contributed by atoms with van der Waals surface area (Å²) >= 11 is 0. The van der Waals surface area contributed by atoms with Crippen molar-refractivity contribution in [2.75, 3.05) is 5.32 Å². The molecule has 0 aliphatic carbocycles. The maximum atomic E-state index is 13.3. The summed E-state index contributed by atoms with van der Waals surface area (Å²) in [5.74, 6) is 0.214. The molecule has 1 aliphatic heterocycles. The van der Waals surface area contributed by atoms with Gasteiger partial charge in [0.2, 0.25) is 5.91 Å². The molecule has 132 valence electrons. The van der Waals surface area contributed by atoms with Crippen molar-refractivity contribution in [1.29, 1.82) is 0 Å². The number of carbonyl (C=O) groups excluding carboxylic acids is 1. The maximum Gasteiger partial charge on any atom is 0.226 e. The SMILES string of the molecule is O=C1CC(c2cccc3ccccc23)c2cnn(-c3ccc(F)cc3)c2N1. The Kier molecular flexibility index (Phi) is 3.53. The number of hydrogen-bond donors (Lipinski definition) is 1. The highest BCUT2D eigenvalue weighted by Gasteiger charge is 2.31. The second kappa shape index (κ2) is 6.06. The summed E-state index contributed by atoms with van der Waals surface area (Å²) in [6.45, 7) is 0. The van der Waals surface area contributed by atoms with Crippen LogP contribution < -0.4 is 5.32 Å². The lowest BCUT2D eigenvalue weighted by molar-refractivity contribution is -0.116. The van der Waals surface area contributed by atoms with Gasteiger partial charge in [0.05, 0.1) is 11.9 Å². The van der Waals surface area contributed by atoms with Gasteiger partial charge in [-0.05, 0) is 40.6 Å². The monoisotopic (exact) mass is 357 g/mol. The van der Waals surface area contributed by atoms with Crippen molar-refractivity contribution in [1.82, 2.24) is 9.78 Å². The lowest BCUT2D eigenvalue weighted by Gasteiger charge is -2.25. The molecule has 0 saturated heterocycles. The predicted octanol–water partition coefficient (Wildman–Crippen LogP) is 4.64. The van der Waals surface area contributed by atoms with Crippen LogP contribution in [-0.4, -0.2) is 15.7 Å². The Bertz CT molecular complexity index is 1160. The van der Waals surface area contributed by atoms with Gasteiger partial charge in [-0.15, -0.1) is 0 Å². The Morgan fingerprint density at radius 3 is 2.59 bits per heavy atom.